The number of benzene rings is 2. The smallest absolute Gasteiger partial charge is 0.308 e. The maximum absolute atomic E-state index is 13.1. The van der Waals surface area contributed by atoms with Gasteiger partial charge in [0.05, 0.1) is 17.2 Å². The highest BCUT2D eigenvalue weighted by Crippen LogP contribution is 2.27. The Hall–Kier alpha value is -2.87. The molecule has 1 heterocycles. The molecule has 142 valence electrons. The minimum atomic E-state index is -3.96. The summed E-state index contributed by atoms with van der Waals surface area (Å²) in [5.74, 6) is -2.04. The fourth-order valence-corrected chi connectivity index (χ4v) is 4.49. The first-order valence-corrected chi connectivity index (χ1v) is 9.91. The molecule has 27 heavy (non-hydrogen) atoms. The number of likely N-dealkylation sites (tertiary alicyclic amines) is 1. The number of carbonyl (C=O) groups is 2. The maximum Gasteiger partial charge on any atom is 0.308 e. The van der Waals surface area contributed by atoms with Crippen molar-refractivity contribution in [1.82, 2.24) is 4.90 Å². The normalized spacial score (nSPS) is 16.9. The summed E-state index contributed by atoms with van der Waals surface area (Å²) in [6, 6.07) is 14.6. The first-order valence-electron chi connectivity index (χ1n) is 8.47. The molecule has 0 aliphatic carbocycles. The van der Waals surface area contributed by atoms with E-state index in [9.17, 15) is 18.0 Å². The van der Waals surface area contributed by atoms with Crippen LogP contribution in [0.5, 0.6) is 0 Å². The molecule has 0 aromatic heterocycles. The van der Waals surface area contributed by atoms with Crippen LogP contribution in [0.15, 0.2) is 59.5 Å². The molecular weight excluding hydrogens is 368 g/mol. The van der Waals surface area contributed by atoms with E-state index in [2.05, 4.69) is 0 Å². The van der Waals surface area contributed by atoms with E-state index in [1.54, 1.807) is 42.5 Å². The average molecular weight is 388 g/mol. The van der Waals surface area contributed by atoms with Gasteiger partial charge in [0.15, 0.2) is 0 Å². The molecule has 1 amide bonds. The second kappa shape index (κ2) is 7.40. The summed E-state index contributed by atoms with van der Waals surface area (Å²) in [6.45, 7) is 0.371. The number of carboxylic acids is 1. The molecule has 2 aromatic rings. The highest BCUT2D eigenvalue weighted by Gasteiger charge is 2.34. The van der Waals surface area contributed by atoms with Crippen LogP contribution in [-0.2, 0) is 14.8 Å². The Balaban J connectivity index is 1.94. The number of carboxylic acid groups (broad SMARTS) is 1. The summed E-state index contributed by atoms with van der Waals surface area (Å²) in [7, 11) is -2.52. The fraction of sp³-hybridized carbons (Fsp3) is 0.263. The van der Waals surface area contributed by atoms with Gasteiger partial charge in [0.25, 0.3) is 15.9 Å². The Labute approximate surface area is 157 Å². The number of anilines is 1. The monoisotopic (exact) mass is 388 g/mol. The van der Waals surface area contributed by atoms with Crippen LogP contribution in [0.25, 0.3) is 0 Å². The van der Waals surface area contributed by atoms with Crippen LogP contribution in [0.3, 0.4) is 0 Å². The predicted molar refractivity (Wildman–Crippen MR) is 100 cm³/mol. The third kappa shape index (κ3) is 3.66. The second-order valence-corrected chi connectivity index (χ2v) is 8.32. The largest absolute Gasteiger partial charge is 0.481 e. The zero-order valence-electron chi connectivity index (χ0n) is 14.8. The van der Waals surface area contributed by atoms with Gasteiger partial charge in [-0.05, 0) is 30.7 Å². The van der Waals surface area contributed by atoms with Crippen molar-refractivity contribution in [3.8, 4) is 0 Å². The van der Waals surface area contributed by atoms with Crippen LogP contribution < -0.4 is 4.31 Å². The van der Waals surface area contributed by atoms with E-state index >= 15 is 0 Å². The fourth-order valence-electron chi connectivity index (χ4n) is 3.11. The number of hydrogen-bond donors (Lipinski definition) is 1. The van der Waals surface area contributed by atoms with Crippen molar-refractivity contribution in [2.24, 2.45) is 5.92 Å². The number of amides is 1. The van der Waals surface area contributed by atoms with Crippen LogP contribution in [-0.4, -0.2) is 50.4 Å². The third-order valence-electron chi connectivity index (χ3n) is 4.70. The maximum atomic E-state index is 13.1. The Bertz CT molecular complexity index is 959. The molecule has 1 aliphatic rings. The van der Waals surface area contributed by atoms with Crippen LogP contribution in [0.4, 0.5) is 5.69 Å². The third-order valence-corrected chi connectivity index (χ3v) is 6.54. The topological polar surface area (TPSA) is 95.0 Å². The molecular formula is C19H20N2O5S. The van der Waals surface area contributed by atoms with Gasteiger partial charge in [-0.15, -0.1) is 0 Å². The summed E-state index contributed by atoms with van der Waals surface area (Å²) < 4.78 is 27.3. The first-order chi connectivity index (χ1) is 12.8. The highest BCUT2D eigenvalue weighted by atomic mass is 32.2. The van der Waals surface area contributed by atoms with Crippen molar-refractivity contribution in [1.29, 1.82) is 0 Å². The van der Waals surface area contributed by atoms with Gasteiger partial charge >= 0.3 is 5.97 Å². The van der Waals surface area contributed by atoms with Gasteiger partial charge in [-0.25, -0.2) is 8.42 Å². The van der Waals surface area contributed by atoms with Crippen molar-refractivity contribution in [3.63, 3.8) is 0 Å². The van der Waals surface area contributed by atoms with Gasteiger partial charge in [0.2, 0.25) is 0 Å². The molecule has 0 bridgehead atoms. The van der Waals surface area contributed by atoms with Crippen LogP contribution >= 0.6 is 0 Å². The molecule has 2 aromatic carbocycles. The quantitative estimate of drug-likeness (QED) is 0.846. The van der Waals surface area contributed by atoms with Crippen LogP contribution in [0.1, 0.15) is 16.8 Å². The molecule has 1 unspecified atom stereocenters. The molecule has 1 aliphatic heterocycles. The zero-order chi connectivity index (χ0) is 19.6. The number of aliphatic carboxylic acids is 1. The summed E-state index contributed by atoms with van der Waals surface area (Å²) in [6.07, 6.45) is 0.361. The molecule has 1 saturated heterocycles. The highest BCUT2D eigenvalue weighted by molar-refractivity contribution is 7.92. The van der Waals surface area contributed by atoms with Crippen LogP contribution in [0, 0.1) is 5.92 Å². The Morgan fingerprint density at radius 3 is 2.33 bits per heavy atom. The lowest BCUT2D eigenvalue weighted by atomic mass is 10.1. The van der Waals surface area contributed by atoms with Gasteiger partial charge in [0, 0.05) is 20.1 Å². The van der Waals surface area contributed by atoms with Gasteiger partial charge in [0.1, 0.15) is 4.90 Å². The lowest BCUT2D eigenvalue weighted by molar-refractivity contribution is -0.141. The number of hydrogen-bond acceptors (Lipinski definition) is 4. The van der Waals surface area contributed by atoms with Crippen molar-refractivity contribution in [2.45, 2.75) is 11.3 Å². The molecule has 0 radical (unpaired) electrons. The predicted octanol–water partition coefficient (Wildman–Crippen LogP) is 2.06. The van der Waals surface area contributed by atoms with Crippen LogP contribution in [0.2, 0.25) is 0 Å². The van der Waals surface area contributed by atoms with E-state index in [4.69, 9.17) is 5.11 Å². The van der Waals surface area contributed by atoms with Gasteiger partial charge < -0.3 is 10.0 Å². The Morgan fingerprint density at radius 1 is 1.07 bits per heavy atom. The number of nitrogens with zero attached hydrogens (tertiary/aromatic N) is 2. The lowest BCUT2D eigenvalue weighted by Crippen LogP contribution is -2.33. The molecule has 8 heteroatoms. The molecule has 0 saturated carbocycles. The van der Waals surface area contributed by atoms with E-state index in [0.29, 0.717) is 18.7 Å². The zero-order valence-corrected chi connectivity index (χ0v) is 15.6. The molecule has 3 rings (SSSR count). The average Bonchev–Trinajstić information content (AvgIpc) is 3.18. The molecule has 0 spiro atoms. The van der Waals surface area contributed by atoms with E-state index in [0.717, 1.165) is 4.31 Å². The number of rotatable bonds is 5. The van der Waals surface area contributed by atoms with Gasteiger partial charge in [-0.1, -0.05) is 30.3 Å². The van der Waals surface area contributed by atoms with E-state index in [-0.39, 0.29) is 17.0 Å². The standard InChI is InChI=1S/C19H20N2O5S/c1-20(15-7-3-2-4-8-15)27(25,26)17-10-6-5-9-16(17)18(22)21-12-11-14(13-21)19(23)24/h2-10,14H,11-13H2,1H3,(H,23,24). The lowest BCUT2D eigenvalue weighted by Gasteiger charge is -2.22. The number of carbonyl (C=O) groups excluding carboxylic acids is 1. The minimum absolute atomic E-state index is 0.0475. The first kappa shape index (κ1) is 18.9. The van der Waals surface area contributed by atoms with Crippen molar-refractivity contribution < 1.29 is 23.1 Å². The second-order valence-electron chi connectivity index (χ2n) is 6.38. The molecule has 1 N–H and O–H groups in total. The Morgan fingerprint density at radius 2 is 1.70 bits per heavy atom. The molecule has 1 fully saturated rings. The van der Waals surface area contributed by atoms with Crippen molar-refractivity contribution in [3.05, 3.63) is 60.2 Å². The summed E-state index contributed by atoms with van der Waals surface area (Å²) in [5, 5.41) is 9.13. The minimum Gasteiger partial charge on any atom is -0.481 e. The van der Waals surface area contributed by atoms with Gasteiger partial charge in [-0.2, -0.15) is 0 Å². The number of sulfonamides is 1. The summed E-state index contributed by atoms with van der Waals surface area (Å²) >= 11 is 0. The molecule has 1 atom stereocenters. The van der Waals surface area contributed by atoms with E-state index in [1.165, 1.54) is 24.1 Å². The van der Waals surface area contributed by atoms with E-state index in [1.807, 2.05) is 0 Å². The molecule has 7 nitrogen and oxygen atoms in total. The van der Waals surface area contributed by atoms with Gasteiger partial charge in [-0.3, -0.25) is 13.9 Å². The number of para-hydroxylation sites is 1. The van der Waals surface area contributed by atoms with Crippen molar-refractivity contribution >= 4 is 27.6 Å². The Kier molecular flexibility index (Phi) is 5.18. The summed E-state index contributed by atoms with van der Waals surface area (Å²) in [4.78, 5) is 25.3. The van der Waals surface area contributed by atoms with Crippen molar-refractivity contribution in [2.75, 3.05) is 24.4 Å². The van der Waals surface area contributed by atoms with E-state index < -0.39 is 27.8 Å². The summed E-state index contributed by atoms with van der Waals surface area (Å²) in [5.41, 5.74) is 0.526. The SMILES string of the molecule is CN(c1ccccc1)S(=O)(=O)c1ccccc1C(=O)N1CCC(C(=O)O)C1.